The van der Waals surface area contributed by atoms with E-state index in [4.69, 9.17) is 14.5 Å². The van der Waals surface area contributed by atoms with E-state index in [-0.39, 0.29) is 61.9 Å². The van der Waals surface area contributed by atoms with Crippen LogP contribution in [0, 0.1) is 17.3 Å². The summed E-state index contributed by atoms with van der Waals surface area (Å²) < 4.78 is 14.2. The second-order valence-corrected chi connectivity index (χ2v) is 20.8. The van der Waals surface area contributed by atoms with Gasteiger partial charge in [0.2, 0.25) is 17.7 Å². The number of fused-ring (bicyclic) bond motifs is 6. The van der Waals surface area contributed by atoms with Crippen LogP contribution in [-0.4, -0.2) is 130 Å². The number of hydrogen-bond acceptors (Lipinski definition) is 11. The summed E-state index contributed by atoms with van der Waals surface area (Å²) in [6.45, 7) is 12.7. The number of aromatic nitrogens is 2. The lowest BCUT2D eigenvalue weighted by atomic mass is 9.81. The van der Waals surface area contributed by atoms with Gasteiger partial charge in [0.05, 0.1) is 30.6 Å². The molecule has 6 atom stereocenters. The molecule has 69 heavy (non-hydrogen) atoms. The van der Waals surface area contributed by atoms with E-state index in [9.17, 15) is 29.1 Å². The molecule has 2 unspecified atom stereocenters. The van der Waals surface area contributed by atoms with Gasteiger partial charge in [-0.3, -0.25) is 39.3 Å². The monoisotopic (exact) mass is 947 g/mol. The van der Waals surface area contributed by atoms with Crippen LogP contribution in [0.2, 0.25) is 0 Å². The molecule has 2 aromatic heterocycles. The Hall–Kier alpha value is -5.84. The fraction of sp³-hybridized carbons (Fsp3) is 0.547. The number of hydrogen-bond donors (Lipinski definition) is 4. The molecule has 2 saturated heterocycles. The van der Waals surface area contributed by atoms with Crippen molar-refractivity contribution in [3.63, 3.8) is 0 Å². The maximum Gasteiger partial charge on any atom is 0.324 e. The Morgan fingerprint density at radius 2 is 1.80 bits per heavy atom. The van der Waals surface area contributed by atoms with Crippen LogP contribution in [0.25, 0.3) is 33.3 Å². The highest BCUT2D eigenvalue weighted by molar-refractivity contribution is 5.96. The number of nitrogens with zero attached hydrogens (tertiary/aromatic N) is 5. The average Bonchev–Trinajstić information content (AvgIpc) is 4.02. The molecule has 4 amide bonds. The number of phenolic OH excluding ortho intramolecular Hbond substituents is 1. The van der Waals surface area contributed by atoms with Gasteiger partial charge in [-0.05, 0) is 116 Å². The Kier molecular flexibility index (Phi) is 14.5. The number of amides is 4. The van der Waals surface area contributed by atoms with Crippen molar-refractivity contribution in [1.29, 1.82) is 0 Å². The van der Waals surface area contributed by atoms with Gasteiger partial charge < -0.3 is 34.3 Å². The molecule has 8 rings (SSSR count). The minimum absolute atomic E-state index is 0.0142. The number of phenols is 1. The largest absolute Gasteiger partial charge is 0.508 e. The number of likely N-dealkylation sites (N-methyl/N-ethyl adjacent to an activating group) is 2. The van der Waals surface area contributed by atoms with Crippen molar-refractivity contribution in [3.8, 4) is 28.1 Å². The van der Waals surface area contributed by atoms with Crippen molar-refractivity contribution in [2.75, 3.05) is 40.9 Å². The maximum absolute atomic E-state index is 14.8. The zero-order valence-electron chi connectivity index (χ0n) is 41.6. The van der Waals surface area contributed by atoms with Crippen LogP contribution >= 0.6 is 0 Å². The highest BCUT2D eigenvalue weighted by Gasteiger charge is 2.50. The molecule has 1 saturated carbocycles. The highest BCUT2D eigenvalue weighted by Crippen LogP contribution is 2.42. The van der Waals surface area contributed by atoms with Gasteiger partial charge in [0.1, 0.15) is 29.9 Å². The van der Waals surface area contributed by atoms with Crippen LogP contribution in [0.4, 0.5) is 0 Å². The normalized spacial score (nSPS) is 22.6. The molecule has 2 aromatic carbocycles. The predicted molar refractivity (Wildman–Crippen MR) is 262 cm³/mol. The first-order valence-corrected chi connectivity index (χ1v) is 24.7. The van der Waals surface area contributed by atoms with Crippen molar-refractivity contribution in [1.82, 2.24) is 40.4 Å². The van der Waals surface area contributed by atoms with Crippen molar-refractivity contribution >= 4 is 40.5 Å². The van der Waals surface area contributed by atoms with Crippen LogP contribution in [0.15, 0.2) is 54.7 Å². The number of aryl methyl sites for hydroxylation is 1. The fourth-order valence-corrected chi connectivity index (χ4v) is 10.6. The molecule has 4 aromatic rings. The molecule has 3 fully saturated rings. The van der Waals surface area contributed by atoms with E-state index < -0.39 is 47.2 Å². The Balaban J connectivity index is 1.15. The summed E-state index contributed by atoms with van der Waals surface area (Å²) in [4.78, 5) is 78.0. The molecule has 370 valence electrons. The first-order valence-electron chi connectivity index (χ1n) is 24.7. The van der Waals surface area contributed by atoms with Crippen molar-refractivity contribution in [2.45, 2.75) is 129 Å². The van der Waals surface area contributed by atoms with Crippen molar-refractivity contribution < 1.29 is 38.6 Å². The molecule has 1 aliphatic carbocycles. The summed E-state index contributed by atoms with van der Waals surface area (Å²) >= 11 is 0. The Morgan fingerprint density at radius 1 is 1.03 bits per heavy atom. The minimum Gasteiger partial charge on any atom is -0.508 e. The predicted octanol–water partition coefficient (Wildman–Crippen LogP) is 5.53. The van der Waals surface area contributed by atoms with Crippen molar-refractivity contribution in [2.24, 2.45) is 17.3 Å². The molecule has 0 radical (unpaired) electrons. The Labute approximate surface area is 405 Å². The molecule has 3 aliphatic heterocycles. The first kappa shape index (κ1) is 49.6. The minimum atomic E-state index is -1.18. The molecule has 6 bridgehead atoms. The number of cyclic esters (lactones) is 1. The number of rotatable bonds is 12. The van der Waals surface area contributed by atoms with E-state index in [0.717, 1.165) is 51.8 Å². The molecule has 4 N–H and O–H groups in total. The summed E-state index contributed by atoms with van der Waals surface area (Å²) in [6, 6.07) is 12.3. The van der Waals surface area contributed by atoms with E-state index in [2.05, 4.69) is 59.6 Å². The fourth-order valence-electron chi connectivity index (χ4n) is 10.6. The van der Waals surface area contributed by atoms with Crippen LogP contribution < -0.4 is 16.1 Å². The van der Waals surface area contributed by atoms with E-state index in [0.29, 0.717) is 42.9 Å². The zero-order valence-corrected chi connectivity index (χ0v) is 41.6. The summed E-state index contributed by atoms with van der Waals surface area (Å²) in [6.07, 6.45) is 6.32. The quantitative estimate of drug-likeness (QED) is 0.103. The highest BCUT2D eigenvalue weighted by atomic mass is 16.5. The number of pyridine rings is 1. The van der Waals surface area contributed by atoms with Gasteiger partial charge in [0.25, 0.3) is 5.91 Å². The van der Waals surface area contributed by atoms with E-state index in [1.807, 2.05) is 39.0 Å². The molecule has 16 heteroatoms. The molecule has 16 nitrogen and oxygen atoms in total. The van der Waals surface area contributed by atoms with Gasteiger partial charge in [0, 0.05) is 74.8 Å². The van der Waals surface area contributed by atoms with E-state index >= 15 is 0 Å². The van der Waals surface area contributed by atoms with Gasteiger partial charge >= 0.3 is 5.97 Å². The number of nitrogens with one attached hydrogen (secondary N) is 3. The van der Waals surface area contributed by atoms with E-state index in [1.165, 1.54) is 21.2 Å². The Morgan fingerprint density at radius 3 is 2.49 bits per heavy atom. The van der Waals surface area contributed by atoms with Gasteiger partial charge in [-0.15, -0.1) is 0 Å². The van der Waals surface area contributed by atoms with Gasteiger partial charge in [-0.2, -0.15) is 0 Å². The third-order valence-corrected chi connectivity index (χ3v) is 14.7. The molecule has 5 heterocycles. The summed E-state index contributed by atoms with van der Waals surface area (Å²) in [7, 11) is 4.82. The van der Waals surface area contributed by atoms with Crippen LogP contribution in [0.3, 0.4) is 0 Å². The Bertz CT molecular complexity index is 2600. The standard InChI is InChI=1S/C53H70N8O8/c1-10-60-42-19-18-34-26-38(42)39(48(60)37-16-12-20-54-44(37)31(4)68-9)27-53(5,6)29-69-52(67)40-17-13-21-61(57-40)50(65)41(24-32-22-35(34)25-36(62)23-32)55-49(64)47(30(2)3)59(8)43(63)28-58(7)51(66)46-45(56-46)33-14-11-15-33/h12,16,18-20,22-23,25-26,30-31,33,40-41,45-47,56-57,62H,10-11,13-15,17,21,24,27-29H2,1-9H3,(H,55,64)/t31-,40-,41-,45?,46-,47?/m0/s1. The zero-order chi connectivity index (χ0) is 49.5. The number of ether oxygens (including phenoxy) is 2. The number of esters is 1. The lowest BCUT2D eigenvalue weighted by Crippen LogP contribution is -2.62. The molecule has 0 spiro atoms. The second-order valence-electron chi connectivity index (χ2n) is 20.8. The number of hydrazine groups is 1. The molecular weight excluding hydrogens is 877 g/mol. The number of benzene rings is 2. The number of methoxy groups -OCH3 is 1. The van der Waals surface area contributed by atoms with Gasteiger partial charge in [-0.1, -0.05) is 46.2 Å². The summed E-state index contributed by atoms with van der Waals surface area (Å²) in [5.74, 6) is -1.97. The average molecular weight is 947 g/mol. The smallest absolute Gasteiger partial charge is 0.324 e. The molecular formula is C53H70N8O8. The maximum atomic E-state index is 14.8. The lowest BCUT2D eigenvalue weighted by molar-refractivity contribution is -0.155. The van der Waals surface area contributed by atoms with Crippen molar-refractivity contribution in [3.05, 3.63) is 71.5 Å². The van der Waals surface area contributed by atoms with Crippen LogP contribution in [0.1, 0.15) is 96.6 Å². The van der Waals surface area contributed by atoms with Crippen LogP contribution in [-0.2, 0) is 52.8 Å². The summed E-state index contributed by atoms with van der Waals surface area (Å²) in [5, 5.41) is 20.0. The first-order chi connectivity index (χ1) is 32.9. The summed E-state index contributed by atoms with van der Waals surface area (Å²) in [5.41, 5.74) is 9.52. The number of aromatic hydroxyl groups is 1. The third kappa shape index (κ3) is 10.4. The number of carbonyl (C=O) groups is 5. The SMILES string of the molecule is CCn1c(-c2cccnc2[C@H](C)OC)c2c3cc(ccc31)-c1cc(O)cc(c1)C[C@H](NC(=O)C(C(C)C)N(C)C(=O)CN(C)C(=O)[C@H]1NC1C1CCC1)C(=O)N1CCC[C@H](N1)C(=O)OCC(C)(C)C2. The topological polar surface area (TPSA) is 198 Å². The van der Waals surface area contributed by atoms with Gasteiger partial charge in [-0.25, -0.2) is 5.43 Å². The van der Waals surface area contributed by atoms with E-state index in [1.54, 1.807) is 39.5 Å². The van der Waals surface area contributed by atoms with Crippen LogP contribution in [0.5, 0.6) is 5.75 Å². The lowest BCUT2D eigenvalue weighted by Gasteiger charge is -2.37. The van der Waals surface area contributed by atoms with Gasteiger partial charge in [0.15, 0.2) is 0 Å². The number of carbonyl (C=O) groups excluding carboxylic acids is 5. The third-order valence-electron chi connectivity index (χ3n) is 14.7. The second kappa shape index (κ2) is 20.2. The molecule has 4 aliphatic rings.